The van der Waals surface area contributed by atoms with Gasteiger partial charge in [0.05, 0.1) is 6.04 Å². The second-order valence-corrected chi connectivity index (χ2v) is 5.88. The van der Waals surface area contributed by atoms with Crippen LogP contribution in [0.3, 0.4) is 0 Å². The Hall–Kier alpha value is -1.77. The van der Waals surface area contributed by atoms with Crippen molar-refractivity contribution in [3.63, 3.8) is 0 Å². The van der Waals surface area contributed by atoms with E-state index in [0.717, 1.165) is 6.42 Å². The summed E-state index contributed by atoms with van der Waals surface area (Å²) in [5, 5.41) is 0. The lowest BCUT2D eigenvalue weighted by atomic mass is 9.94. The van der Waals surface area contributed by atoms with Gasteiger partial charge in [0, 0.05) is 6.54 Å². The Bertz CT molecular complexity index is 488. The number of hydrogen-bond donors (Lipinski definition) is 0. The van der Waals surface area contributed by atoms with Crippen molar-refractivity contribution in [2.24, 2.45) is 0 Å². The van der Waals surface area contributed by atoms with E-state index in [1.54, 1.807) is 4.90 Å². The van der Waals surface area contributed by atoms with E-state index in [1.165, 1.54) is 11.1 Å². The summed E-state index contributed by atoms with van der Waals surface area (Å²) in [6.07, 6.45) is 2.35. The van der Waals surface area contributed by atoms with Crippen LogP contribution in [-0.2, 0) is 17.7 Å². The van der Waals surface area contributed by atoms with Gasteiger partial charge in [-0.15, -0.1) is 6.58 Å². The molecule has 1 aromatic rings. The Balaban J connectivity index is 2.21. The predicted molar refractivity (Wildman–Crippen MR) is 75.9 cm³/mol. The molecule has 19 heavy (non-hydrogen) atoms. The normalized spacial score (nSPS) is 18.7. The number of fused-ring (bicyclic) bond motifs is 1. The maximum absolute atomic E-state index is 12.2. The fourth-order valence-electron chi connectivity index (χ4n) is 2.28. The number of benzene rings is 1. The molecule has 1 aliphatic rings. The summed E-state index contributed by atoms with van der Waals surface area (Å²) in [6.45, 7) is 10.1. The van der Waals surface area contributed by atoms with Gasteiger partial charge in [-0.2, -0.15) is 0 Å². The molecule has 0 N–H and O–H groups in total. The molecule has 0 bridgehead atoms. The van der Waals surface area contributed by atoms with E-state index in [0.29, 0.717) is 6.54 Å². The third kappa shape index (κ3) is 3.16. The molecule has 3 nitrogen and oxygen atoms in total. The maximum atomic E-state index is 12.2. The second-order valence-electron chi connectivity index (χ2n) is 5.88. The molecular formula is C16H21NO2. The monoisotopic (exact) mass is 259 g/mol. The Labute approximate surface area is 114 Å². The SMILES string of the molecule is C=C[C@@H]1Cc2ccccc2CN1C(=O)OC(C)(C)C. The largest absolute Gasteiger partial charge is 0.444 e. The number of nitrogens with zero attached hydrogens (tertiary/aromatic N) is 1. The molecule has 0 spiro atoms. The number of rotatable bonds is 1. The molecule has 0 radical (unpaired) electrons. The molecule has 0 aromatic heterocycles. The molecule has 0 saturated heterocycles. The zero-order chi connectivity index (χ0) is 14.0. The van der Waals surface area contributed by atoms with Crippen molar-refractivity contribution in [2.75, 3.05) is 0 Å². The van der Waals surface area contributed by atoms with E-state index >= 15 is 0 Å². The van der Waals surface area contributed by atoms with E-state index in [2.05, 4.69) is 18.7 Å². The number of carbonyl (C=O) groups is 1. The van der Waals surface area contributed by atoms with Gasteiger partial charge in [-0.25, -0.2) is 4.79 Å². The fraction of sp³-hybridized carbons (Fsp3) is 0.438. The van der Waals surface area contributed by atoms with Gasteiger partial charge in [-0.05, 0) is 38.3 Å². The highest BCUT2D eigenvalue weighted by Crippen LogP contribution is 2.25. The average Bonchev–Trinajstić information content (AvgIpc) is 2.35. The third-order valence-electron chi connectivity index (χ3n) is 3.19. The van der Waals surface area contributed by atoms with E-state index in [1.807, 2.05) is 39.0 Å². The van der Waals surface area contributed by atoms with Gasteiger partial charge < -0.3 is 4.74 Å². The van der Waals surface area contributed by atoms with Crippen LogP contribution >= 0.6 is 0 Å². The number of hydrogen-bond acceptors (Lipinski definition) is 2. The van der Waals surface area contributed by atoms with E-state index < -0.39 is 5.60 Å². The van der Waals surface area contributed by atoms with Crippen LogP contribution in [0.4, 0.5) is 4.79 Å². The van der Waals surface area contributed by atoms with E-state index in [-0.39, 0.29) is 12.1 Å². The molecule has 2 rings (SSSR count). The minimum Gasteiger partial charge on any atom is -0.444 e. The van der Waals surface area contributed by atoms with Crippen molar-refractivity contribution in [3.05, 3.63) is 48.0 Å². The van der Waals surface area contributed by atoms with E-state index in [4.69, 9.17) is 4.74 Å². The van der Waals surface area contributed by atoms with Crippen LogP contribution in [0.25, 0.3) is 0 Å². The summed E-state index contributed by atoms with van der Waals surface area (Å²) in [6, 6.07) is 8.21. The van der Waals surface area contributed by atoms with Crippen molar-refractivity contribution in [1.29, 1.82) is 0 Å². The highest BCUT2D eigenvalue weighted by atomic mass is 16.6. The van der Waals surface area contributed by atoms with Crippen LogP contribution < -0.4 is 0 Å². The smallest absolute Gasteiger partial charge is 0.411 e. The molecule has 102 valence electrons. The molecule has 1 heterocycles. The summed E-state index contributed by atoms with van der Waals surface area (Å²) in [5.74, 6) is 0. The molecule has 1 aromatic carbocycles. The summed E-state index contributed by atoms with van der Waals surface area (Å²) in [7, 11) is 0. The summed E-state index contributed by atoms with van der Waals surface area (Å²) < 4.78 is 5.46. The van der Waals surface area contributed by atoms with Crippen molar-refractivity contribution >= 4 is 6.09 Å². The van der Waals surface area contributed by atoms with Crippen LogP contribution in [0.15, 0.2) is 36.9 Å². The Morgan fingerprint density at radius 1 is 1.37 bits per heavy atom. The third-order valence-corrected chi connectivity index (χ3v) is 3.19. The van der Waals surface area contributed by atoms with Gasteiger partial charge in [0.2, 0.25) is 0 Å². The molecule has 1 atom stereocenters. The van der Waals surface area contributed by atoms with Crippen molar-refractivity contribution < 1.29 is 9.53 Å². The zero-order valence-corrected chi connectivity index (χ0v) is 11.8. The van der Waals surface area contributed by atoms with Crippen LogP contribution in [0.5, 0.6) is 0 Å². The highest BCUT2D eigenvalue weighted by molar-refractivity contribution is 5.69. The molecule has 0 fully saturated rings. The Morgan fingerprint density at radius 3 is 2.58 bits per heavy atom. The minimum atomic E-state index is -0.472. The Morgan fingerprint density at radius 2 is 2.00 bits per heavy atom. The summed E-state index contributed by atoms with van der Waals surface area (Å²) in [5.41, 5.74) is 2.00. The first-order valence-corrected chi connectivity index (χ1v) is 6.59. The zero-order valence-electron chi connectivity index (χ0n) is 11.8. The van der Waals surface area contributed by atoms with Gasteiger partial charge in [-0.1, -0.05) is 30.3 Å². The highest BCUT2D eigenvalue weighted by Gasteiger charge is 2.30. The molecule has 0 saturated carbocycles. The minimum absolute atomic E-state index is 0.00440. The van der Waals surface area contributed by atoms with Crippen molar-refractivity contribution in [2.45, 2.75) is 45.4 Å². The number of ether oxygens (including phenoxy) is 1. The quantitative estimate of drug-likeness (QED) is 0.722. The topological polar surface area (TPSA) is 29.5 Å². The van der Waals surface area contributed by atoms with Crippen LogP contribution in [0.1, 0.15) is 31.9 Å². The van der Waals surface area contributed by atoms with Gasteiger partial charge in [0.25, 0.3) is 0 Å². The first-order valence-electron chi connectivity index (χ1n) is 6.59. The van der Waals surface area contributed by atoms with Crippen LogP contribution in [0.2, 0.25) is 0 Å². The molecule has 0 aliphatic carbocycles. The molecule has 1 aliphatic heterocycles. The molecule has 0 unspecified atom stereocenters. The fourth-order valence-corrected chi connectivity index (χ4v) is 2.28. The number of amides is 1. The predicted octanol–water partition coefficient (Wildman–Crippen LogP) is 3.53. The van der Waals surface area contributed by atoms with Gasteiger partial charge >= 0.3 is 6.09 Å². The van der Waals surface area contributed by atoms with Gasteiger partial charge in [0.1, 0.15) is 5.60 Å². The van der Waals surface area contributed by atoms with Crippen LogP contribution in [-0.4, -0.2) is 22.6 Å². The number of carbonyl (C=O) groups excluding carboxylic acids is 1. The summed E-state index contributed by atoms with van der Waals surface area (Å²) >= 11 is 0. The van der Waals surface area contributed by atoms with Crippen molar-refractivity contribution in [1.82, 2.24) is 4.90 Å². The van der Waals surface area contributed by atoms with Crippen LogP contribution in [0, 0.1) is 0 Å². The first kappa shape index (κ1) is 13.7. The first-order chi connectivity index (χ1) is 8.90. The van der Waals surface area contributed by atoms with Gasteiger partial charge in [0.15, 0.2) is 0 Å². The summed E-state index contributed by atoms with van der Waals surface area (Å²) in [4.78, 5) is 14.0. The Kier molecular flexibility index (Phi) is 3.65. The van der Waals surface area contributed by atoms with Crippen molar-refractivity contribution in [3.8, 4) is 0 Å². The molecule has 1 amide bonds. The standard InChI is InChI=1S/C16H21NO2/c1-5-14-10-12-8-6-7-9-13(12)11-17(14)15(18)19-16(2,3)4/h5-9,14H,1,10-11H2,2-4H3/t14-/m1/s1. The lowest BCUT2D eigenvalue weighted by Crippen LogP contribution is -2.45. The van der Waals surface area contributed by atoms with Gasteiger partial charge in [-0.3, -0.25) is 4.90 Å². The average molecular weight is 259 g/mol. The maximum Gasteiger partial charge on any atom is 0.411 e. The molecular weight excluding hydrogens is 238 g/mol. The lowest BCUT2D eigenvalue weighted by Gasteiger charge is -2.36. The second kappa shape index (κ2) is 5.08. The lowest BCUT2D eigenvalue weighted by molar-refractivity contribution is 0.0164. The molecule has 3 heteroatoms. The van der Waals surface area contributed by atoms with E-state index in [9.17, 15) is 4.79 Å².